The predicted molar refractivity (Wildman–Crippen MR) is 77.0 cm³/mol. The molecule has 0 bridgehead atoms. The Hall–Kier alpha value is -1.13. The number of rotatable bonds is 2. The Balaban J connectivity index is 1.99. The van der Waals surface area contributed by atoms with Crippen LogP contribution in [0, 0.1) is 5.92 Å². The Labute approximate surface area is 120 Å². The summed E-state index contributed by atoms with van der Waals surface area (Å²) in [7, 11) is 0. The molecule has 3 rings (SSSR count). The number of aliphatic carboxylic acids is 1. The molecular weight excluding hydrogens is 282 g/mol. The van der Waals surface area contributed by atoms with Crippen LogP contribution in [0.3, 0.4) is 0 Å². The zero-order valence-corrected chi connectivity index (χ0v) is 11.9. The Morgan fingerprint density at radius 3 is 2.95 bits per heavy atom. The number of halogens is 1. The topological polar surface area (TPSA) is 50.2 Å². The van der Waals surface area contributed by atoms with Crippen molar-refractivity contribution in [1.82, 2.24) is 4.98 Å². The van der Waals surface area contributed by atoms with E-state index in [1.807, 2.05) is 18.2 Å². The summed E-state index contributed by atoms with van der Waals surface area (Å²) < 4.78 is 1.08. The molecular formula is C14H14ClNO2S. The van der Waals surface area contributed by atoms with Crippen LogP contribution in [0.25, 0.3) is 10.2 Å². The average Bonchev–Trinajstić information content (AvgIpc) is 2.81. The van der Waals surface area contributed by atoms with Crippen LogP contribution in [-0.2, 0) is 4.79 Å². The minimum atomic E-state index is -0.693. The van der Waals surface area contributed by atoms with E-state index in [9.17, 15) is 9.90 Å². The van der Waals surface area contributed by atoms with Gasteiger partial charge in [-0.3, -0.25) is 4.79 Å². The molecule has 3 nitrogen and oxygen atoms in total. The van der Waals surface area contributed by atoms with Crippen molar-refractivity contribution in [2.45, 2.75) is 31.6 Å². The van der Waals surface area contributed by atoms with E-state index < -0.39 is 5.97 Å². The minimum absolute atomic E-state index is 0.0578. The number of hydrogen-bond acceptors (Lipinski definition) is 3. The third kappa shape index (κ3) is 2.47. The highest BCUT2D eigenvalue weighted by molar-refractivity contribution is 7.18. The van der Waals surface area contributed by atoms with Crippen LogP contribution >= 0.6 is 22.9 Å². The molecule has 1 N–H and O–H groups in total. The van der Waals surface area contributed by atoms with E-state index >= 15 is 0 Å². The molecule has 0 radical (unpaired) electrons. The maximum Gasteiger partial charge on any atom is 0.307 e. The molecule has 1 aromatic heterocycles. The van der Waals surface area contributed by atoms with Gasteiger partial charge in [0.15, 0.2) is 0 Å². The molecule has 1 aliphatic rings. The Kier molecular flexibility index (Phi) is 3.46. The van der Waals surface area contributed by atoms with Gasteiger partial charge in [-0.2, -0.15) is 0 Å². The molecule has 1 heterocycles. The molecule has 1 aliphatic carbocycles. The smallest absolute Gasteiger partial charge is 0.307 e. The van der Waals surface area contributed by atoms with Crippen molar-refractivity contribution in [2.24, 2.45) is 5.92 Å². The zero-order chi connectivity index (χ0) is 13.4. The van der Waals surface area contributed by atoms with Gasteiger partial charge in [-0.05, 0) is 31.0 Å². The summed E-state index contributed by atoms with van der Waals surface area (Å²) in [6.07, 6.45) is 3.77. The van der Waals surface area contributed by atoms with Crippen molar-refractivity contribution in [1.29, 1.82) is 0 Å². The summed E-state index contributed by atoms with van der Waals surface area (Å²) >= 11 is 7.56. The largest absolute Gasteiger partial charge is 0.481 e. The molecule has 2 unspecified atom stereocenters. The first-order valence-electron chi connectivity index (χ1n) is 6.44. The number of fused-ring (bicyclic) bond motifs is 1. The predicted octanol–water partition coefficient (Wildman–Crippen LogP) is 4.31. The lowest BCUT2D eigenvalue weighted by Crippen LogP contribution is -2.25. The lowest BCUT2D eigenvalue weighted by molar-refractivity contribution is -0.143. The Morgan fingerprint density at radius 1 is 1.37 bits per heavy atom. The molecule has 0 amide bonds. The second kappa shape index (κ2) is 5.10. The Bertz CT molecular complexity index is 625. The maximum absolute atomic E-state index is 11.4. The number of carbonyl (C=O) groups is 1. The van der Waals surface area contributed by atoms with Gasteiger partial charge >= 0.3 is 5.97 Å². The molecule has 2 aromatic rings. The highest BCUT2D eigenvalue weighted by Crippen LogP contribution is 2.41. The van der Waals surface area contributed by atoms with Crippen LogP contribution in [0.2, 0.25) is 5.02 Å². The lowest BCUT2D eigenvalue weighted by atomic mass is 9.79. The van der Waals surface area contributed by atoms with E-state index in [2.05, 4.69) is 4.98 Å². The highest BCUT2D eigenvalue weighted by atomic mass is 35.5. The average molecular weight is 296 g/mol. The number of carboxylic acid groups (broad SMARTS) is 1. The number of carboxylic acids is 1. The molecule has 0 spiro atoms. The minimum Gasteiger partial charge on any atom is -0.481 e. The second-order valence-corrected chi connectivity index (χ2v) is 6.50. The van der Waals surface area contributed by atoms with Gasteiger partial charge in [-0.25, -0.2) is 4.98 Å². The van der Waals surface area contributed by atoms with Gasteiger partial charge in [-0.15, -0.1) is 11.3 Å². The molecule has 1 fully saturated rings. The van der Waals surface area contributed by atoms with Gasteiger partial charge in [0.1, 0.15) is 0 Å². The van der Waals surface area contributed by atoms with Crippen LogP contribution < -0.4 is 0 Å². The van der Waals surface area contributed by atoms with Crippen LogP contribution in [-0.4, -0.2) is 16.1 Å². The molecule has 2 atom stereocenters. The fourth-order valence-corrected chi connectivity index (χ4v) is 4.11. The zero-order valence-electron chi connectivity index (χ0n) is 10.3. The Morgan fingerprint density at radius 2 is 2.16 bits per heavy atom. The summed E-state index contributed by atoms with van der Waals surface area (Å²) in [6, 6.07) is 5.65. The van der Waals surface area contributed by atoms with E-state index in [-0.39, 0.29) is 11.8 Å². The fraction of sp³-hybridized carbons (Fsp3) is 0.429. The maximum atomic E-state index is 11.4. The highest BCUT2D eigenvalue weighted by Gasteiger charge is 2.33. The summed E-state index contributed by atoms with van der Waals surface area (Å²) in [5.41, 5.74) is 0.877. The van der Waals surface area contributed by atoms with E-state index in [0.29, 0.717) is 5.02 Å². The number of hydrogen-bond donors (Lipinski definition) is 1. The van der Waals surface area contributed by atoms with Gasteiger partial charge in [0.25, 0.3) is 0 Å². The van der Waals surface area contributed by atoms with E-state index in [1.165, 1.54) is 0 Å². The lowest BCUT2D eigenvalue weighted by Gasteiger charge is -2.26. The molecule has 0 aliphatic heterocycles. The molecule has 1 aromatic carbocycles. The number of nitrogens with zero attached hydrogens (tertiary/aromatic N) is 1. The van der Waals surface area contributed by atoms with Gasteiger partial charge < -0.3 is 5.11 Å². The van der Waals surface area contributed by atoms with Crippen molar-refractivity contribution < 1.29 is 9.90 Å². The van der Waals surface area contributed by atoms with Gasteiger partial charge in [0.2, 0.25) is 0 Å². The third-order valence-electron chi connectivity index (χ3n) is 3.77. The van der Waals surface area contributed by atoms with Gasteiger partial charge in [0.05, 0.1) is 21.1 Å². The van der Waals surface area contributed by atoms with Crippen molar-refractivity contribution in [3.63, 3.8) is 0 Å². The SMILES string of the molecule is O=C(O)C1CCCCC1c1nc2cc(Cl)ccc2s1. The number of aromatic nitrogens is 1. The quantitative estimate of drug-likeness (QED) is 0.898. The first kappa shape index (κ1) is 12.9. The fourth-order valence-electron chi connectivity index (χ4n) is 2.80. The molecule has 1 saturated carbocycles. The molecule has 19 heavy (non-hydrogen) atoms. The molecule has 0 saturated heterocycles. The third-order valence-corrected chi connectivity index (χ3v) is 5.17. The van der Waals surface area contributed by atoms with E-state index in [1.54, 1.807) is 11.3 Å². The monoisotopic (exact) mass is 295 g/mol. The van der Waals surface area contributed by atoms with Crippen molar-refractivity contribution in [3.05, 3.63) is 28.2 Å². The van der Waals surface area contributed by atoms with E-state index in [4.69, 9.17) is 11.6 Å². The first-order valence-corrected chi connectivity index (χ1v) is 7.63. The summed E-state index contributed by atoms with van der Waals surface area (Å²) in [5.74, 6) is -0.922. The van der Waals surface area contributed by atoms with E-state index in [0.717, 1.165) is 40.9 Å². The summed E-state index contributed by atoms with van der Waals surface area (Å²) in [6.45, 7) is 0. The molecule has 100 valence electrons. The van der Waals surface area contributed by atoms with Gasteiger partial charge in [0, 0.05) is 10.9 Å². The molecule has 5 heteroatoms. The first-order chi connectivity index (χ1) is 9.15. The number of benzene rings is 1. The van der Waals surface area contributed by atoms with Crippen molar-refractivity contribution in [3.8, 4) is 0 Å². The normalized spacial score (nSPS) is 23.6. The standard InChI is InChI=1S/C14H14ClNO2S/c15-8-5-6-12-11(7-8)16-13(19-12)9-3-1-2-4-10(9)14(17)18/h5-7,9-10H,1-4H2,(H,17,18). The van der Waals surface area contributed by atoms with Crippen LogP contribution in [0.4, 0.5) is 0 Å². The van der Waals surface area contributed by atoms with Crippen molar-refractivity contribution in [2.75, 3.05) is 0 Å². The number of thiazole rings is 1. The van der Waals surface area contributed by atoms with Crippen LogP contribution in [0.5, 0.6) is 0 Å². The summed E-state index contributed by atoms with van der Waals surface area (Å²) in [4.78, 5) is 16.0. The summed E-state index contributed by atoms with van der Waals surface area (Å²) in [5, 5.41) is 11.0. The van der Waals surface area contributed by atoms with Crippen LogP contribution in [0.15, 0.2) is 18.2 Å². The van der Waals surface area contributed by atoms with Gasteiger partial charge in [-0.1, -0.05) is 24.4 Å². The second-order valence-electron chi connectivity index (χ2n) is 5.00. The van der Waals surface area contributed by atoms with Crippen molar-refractivity contribution >= 4 is 39.1 Å². The van der Waals surface area contributed by atoms with Crippen LogP contribution in [0.1, 0.15) is 36.6 Å².